The molecule has 0 aromatic heterocycles. The van der Waals surface area contributed by atoms with Crippen molar-refractivity contribution in [1.82, 2.24) is 0 Å². The van der Waals surface area contributed by atoms with Crippen molar-refractivity contribution in [3.63, 3.8) is 0 Å². The van der Waals surface area contributed by atoms with Crippen LogP contribution in [0.5, 0.6) is 0 Å². The third-order valence-corrected chi connectivity index (χ3v) is 4.48. The van der Waals surface area contributed by atoms with E-state index in [0.717, 1.165) is 5.57 Å². The maximum absolute atomic E-state index is 11.2. The summed E-state index contributed by atoms with van der Waals surface area (Å²) in [5, 5.41) is 0. The van der Waals surface area contributed by atoms with Gasteiger partial charge in [0.25, 0.3) is 9.05 Å². The minimum absolute atomic E-state index is 0.302. The zero-order valence-electron chi connectivity index (χ0n) is 9.48. The Bertz CT molecular complexity index is 598. The van der Waals surface area contributed by atoms with Gasteiger partial charge in [-0.15, -0.1) is 0 Å². The Balaban J connectivity index is 2.37. The average Bonchev–Trinajstić information content (AvgIpc) is 2.29. The summed E-state index contributed by atoms with van der Waals surface area (Å²) in [7, 11) is 1.76. The fourth-order valence-corrected chi connectivity index (χ4v) is 2.94. The standard InChI is InChI=1S/C13H13ClO2S/c1-10-4-2-3-5-13(10)11-6-8-12(9-7-11)17(14,15)16/h2-6,8H,7,9H2,1H3. The molecule has 0 spiro atoms. The smallest absolute Gasteiger partial charge is 0.207 e. The Morgan fingerprint density at radius 3 is 2.35 bits per heavy atom. The summed E-state index contributed by atoms with van der Waals surface area (Å²) in [5.74, 6) is 0. The van der Waals surface area contributed by atoms with Crippen LogP contribution in [-0.4, -0.2) is 8.42 Å². The highest BCUT2D eigenvalue weighted by atomic mass is 35.7. The predicted octanol–water partition coefficient (Wildman–Crippen LogP) is 3.62. The van der Waals surface area contributed by atoms with Crippen LogP contribution in [0.15, 0.2) is 41.3 Å². The first-order valence-electron chi connectivity index (χ1n) is 5.39. The lowest BCUT2D eigenvalue weighted by atomic mass is 9.94. The van der Waals surface area contributed by atoms with E-state index in [1.165, 1.54) is 11.1 Å². The Morgan fingerprint density at radius 2 is 1.82 bits per heavy atom. The van der Waals surface area contributed by atoms with Gasteiger partial charge in [0.1, 0.15) is 0 Å². The lowest BCUT2D eigenvalue weighted by molar-refractivity contribution is 0.613. The fraction of sp³-hybridized carbons (Fsp3) is 0.231. The molecule has 2 nitrogen and oxygen atoms in total. The average molecular weight is 269 g/mol. The van der Waals surface area contributed by atoms with E-state index in [1.807, 2.05) is 31.2 Å². The molecule has 0 atom stereocenters. The molecule has 17 heavy (non-hydrogen) atoms. The van der Waals surface area contributed by atoms with Crippen LogP contribution in [-0.2, 0) is 9.05 Å². The summed E-state index contributed by atoms with van der Waals surface area (Å²) in [6, 6.07) is 8.08. The second-order valence-corrected chi connectivity index (χ2v) is 6.70. The largest absolute Gasteiger partial charge is 0.257 e. The van der Waals surface area contributed by atoms with Gasteiger partial charge in [-0.1, -0.05) is 30.3 Å². The van der Waals surface area contributed by atoms with Crippen molar-refractivity contribution < 1.29 is 8.42 Å². The summed E-state index contributed by atoms with van der Waals surface area (Å²) in [6.07, 6.45) is 4.64. The summed E-state index contributed by atoms with van der Waals surface area (Å²) < 4.78 is 22.3. The Hall–Kier alpha value is -1.06. The molecule has 0 amide bonds. The van der Waals surface area contributed by atoms with E-state index in [-0.39, 0.29) is 0 Å². The molecule has 0 heterocycles. The van der Waals surface area contributed by atoms with Gasteiger partial charge >= 0.3 is 0 Å². The van der Waals surface area contributed by atoms with Crippen molar-refractivity contribution in [2.75, 3.05) is 0 Å². The minimum Gasteiger partial charge on any atom is -0.207 e. The molecule has 90 valence electrons. The minimum atomic E-state index is -3.55. The predicted molar refractivity (Wildman–Crippen MR) is 71.2 cm³/mol. The first-order valence-corrected chi connectivity index (χ1v) is 7.70. The number of allylic oxidation sites excluding steroid dienone is 4. The van der Waals surface area contributed by atoms with E-state index < -0.39 is 9.05 Å². The molecule has 0 N–H and O–H groups in total. The Morgan fingerprint density at radius 1 is 1.12 bits per heavy atom. The van der Waals surface area contributed by atoms with E-state index in [2.05, 4.69) is 6.07 Å². The molecule has 2 rings (SSSR count). The van der Waals surface area contributed by atoms with Crippen molar-refractivity contribution in [2.24, 2.45) is 0 Å². The summed E-state index contributed by atoms with van der Waals surface area (Å²) in [5.41, 5.74) is 3.53. The molecule has 1 aromatic rings. The van der Waals surface area contributed by atoms with Crippen molar-refractivity contribution in [3.8, 4) is 0 Å². The third-order valence-electron chi connectivity index (χ3n) is 2.92. The van der Waals surface area contributed by atoms with Crippen LogP contribution < -0.4 is 0 Å². The van der Waals surface area contributed by atoms with Gasteiger partial charge < -0.3 is 0 Å². The molecule has 1 aromatic carbocycles. The molecular weight excluding hydrogens is 256 g/mol. The monoisotopic (exact) mass is 268 g/mol. The highest BCUT2D eigenvalue weighted by Gasteiger charge is 2.18. The number of rotatable bonds is 2. The fourth-order valence-electron chi connectivity index (χ4n) is 1.98. The summed E-state index contributed by atoms with van der Waals surface area (Å²) in [6.45, 7) is 2.05. The molecule has 0 bridgehead atoms. The molecule has 0 aliphatic heterocycles. The number of hydrogen-bond donors (Lipinski definition) is 0. The van der Waals surface area contributed by atoms with Crippen LogP contribution in [0.4, 0.5) is 0 Å². The van der Waals surface area contributed by atoms with Crippen molar-refractivity contribution in [2.45, 2.75) is 19.8 Å². The lowest BCUT2D eigenvalue weighted by Gasteiger charge is -2.14. The number of hydrogen-bond acceptors (Lipinski definition) is 2. The first-order chi connectivity index (χ1) is 7.98. The topological polar surface area (TPSA) is 34.1 Å². The van der Waals surface area contributed by atoms with Gasteiger partial charge in [0.05, 0.1) is 4.91 Å². The van der Waals surface area contributed by atoms with Gasteiger partial charge in [-0.2, -0.15) is 0 Å². The number of benzene rings is 1. The van der Waals surface area contributed by atoms with Crippen molar-refractivity contribution in [1.29, 1.82) is 0 Å². The van der Waals surface area contributed by atoms with E-state index in [1.54, 1.807) is 6.08 Å². The SMILES string of the molecule is Cc1ccccc1C1=CC=C(S(=O)(=O)Cl)CC1. The molecular formula is C13H13ClO2S. The summed E-state index contributed by atoms with van der Waals surface area (Å²) >= 11 is 0. The normalized spacial score (nSPS) is 16.4. The molecule has 1 aliphatic carbocycles. The van der Waals surface area contributed by atoms with Gasteiger partial charge in [0.15, 0.2) is 0 Å². The molecule has 4 heteroatoms. The van der Waals surface area contributed by atoms with Gasteiger partial charge in [0.2, 0.25) is 0 Å². The second-order valence-electron chi connectivity index (χ2n) is 4.08. The van der Waals surface area contributed by atoms with Crippen molar-refractivity contribution >= 4 is 25.3 Å². The van der Waals surface area contributed by atoms with E-state index in [4.69, 9.17) is 10.7 Å². The lowest BCUT2D eigenvalue weighted by Crippen LogP contribution is -2.00. The molecule has 0 unspecified atom stereocenters. The maximum Gasteiger partial charge on any atom is 0.257 e. The van der Waals surface area contributed by atoms with Crippen LogP contribution in [0.3, 0.4) is 0 Å². The first kappa shape index (κ1) is 12.4. The van der Waals surface area contributed by atoms with Crippen LogP contribution in [0.2, 0.25) is 0 Å². The number of aryl methyl sites for hydroxylation is 1. The molecule has 0 saturated carbocycles. The van der Waals surface area contributed by atoms with E-state index in [0.29, 0.717) is 17.7 Å². The zero-order chi connectivity index (χ0) is 12.5. The highest BCUT2D eigenvalue weighted by molar-refractivity contribution is 8.16. The van der Waals surface area contributed by atoms with E-state index in [9.17, 15) is 8.42 Å². The Labute approximate surface area is 106 Å². The maximum atomic E-state index is 11.2. The molecule has 0 radical (unpaired) electrons. The van der Waals surface area contributed by atoms with Gasteiger partial charge in [-0.05, 0) is 42.5 Å². The zero-order valence-corrected chi connectivity index (χ0v) is 11.1. The summed E-state index contributed by atoms with van der Waals surface area (Å²) in [4.78, 5) is 0.302. The molecule has 0 saturated heterocycles. The van der Waals surface area contributed by atoms with Gasteiger partial charge in [0, 0.05) is 10.7 Å². The Kier molecular flexibility index (Phi) is 3.40. The van der Waals surface area contributed by atoms with Crippen LogP contribution in [0.25, 0.3) is 5.57 Å². The van der Waals surface area contributed by atoms with Gasteiger partial charge in [-0.3, -0.25) is 0 Å². The quantitative estimate of drug-likeness (QED) is 0.768. The molecule has 0 fully saturated rings. The van der Waals surface area contributed by atoms with Crippen LogP contribution in [0.1, 0.15) is 24.0 Å². The third kappa shape index (κ3) is 2.79. The molecule has 1 aliphatic rings. The van der Waals surface area contributed by atoms with E-state index >= 15 is 0 Å². The van der Waals surface area contributed by atoms with Gasteiger partial charge in [-0.25, -0.2) is 8.42 Å². The second kappa shape index (κ2) is 4.67. The highest BCUT2D eigenvalue weighted by Crippen LogP contribution is 2.31. The van der Waals surface area contributed by atoms with Crippen molar-refractivity contribution in [3.05, 3.63) is 52.4 Å². The number of halogens is 1. The van der Waals surface area contributed by atoms with Crippen LogP contribution in [0, 0.1) is 6.92 Å². The van der Waals surface area contributed by atoms with Crippen LogP contribution >= 0.6 is 10.7 Å².